The van der Waals surface area contributed by atoms with Gasteiger partial charge in [-0.1, -0.05) is 54.6 Å². The van der Waals surface area contributed by atoms with Gasteiger partial charge in [0, 0.05) is 12.3 Å². The van der Waals surface area contributed by atoms with Crippen LogP contribution >= 0.6 is 0 Å². The second kappa shape index (κ2) is 8.39. The van der Waals surface area contributed by atoms with Crippen molar-refractivity contribution in [1.82, 2.24) is 5.32 Å². The minimum absolute atomic E-state index is 0.0756. The van der Waals surface area contributed by atoms with Gasteiger partial charge in [-0.25, -0.2) is 9.59 Å². The zero-order valence-corrected chi connectivity index (χ0v) is 16.5. The molecule has 4 rings (SSSR count). The highest BCUT2D eigenvalue weighted by Gasteiger charge is 2.29. The highest BCUT2D eigenvalue weighted by Crippen LogP contribution is 2.44. The number of carboxylic acids is 1. The van der Waals surface area contributed by atoms with Gasteiger partial charge in [-0.05, 0) is 39.9 Å². The molecule has 1 amide bonds. The van der Waals surface area contributed by atoms with Crippen molar-refractivity contribution in [3.8, 4) is 22.6 Å². The fourth-order valence-electron chi connectivity index (χ4n) is 3.91. The van der Waals surface area contributed by atoms with E-state index in [1.807, 2.05) is 48.5 Å². The molecule has 7 nitrogen and oxygen atoms in total. The number of phenols is 2. The van der Waals surface area contributed by atoms with Crippen LogP contribution in [0, 0.1) is 0 Å². The predicted octanol–water partition coefficient (Wildman–Crippen LogP) is 3.63. The fraction of sp³-hybridized carbons (Fsp3) is 0.167. The Morgan fingerprint density at radius 3 is 2.10 bits per heavy atom. The summed E-state index contributed by atoms with van der Waals surface area (Å²) in [5, 5.41) is 30.8. The van der Waals surface area contributed by atoms with E-state index >= 15 is 0 Å². The molecule has 0 spiro atoms. The van der Waals surface area contributed by atoms with E-state index in [1.54, 1.807) is 0 Å². The van der Waals surface area contributed by atoms with E-state index in [9.17, 15) is 24.9 Å². The molecule has 158 valence electrons. The molecule has 0 saturated carbocycles. The Labute approximate surface area is 178 Å². The second-order valence-electron chi connectivity index (χ2n) is 7.39. The average Bonchev–Trinajstić information content (AvgIpc) is 3.08. The minimum atomic E-state index is -1.25. The first kappa shape index (κ1) is 20.3. The lowest BCUT2D eigenvalue weighted by atomic mass is 9.98. The molecule has 31 heavy (non-hydrogen) atoms. The first-order valence-electron chi connectivity index (χ1n) is 9.79. The number of benzene rings is 3. The van der Waals surface area contributed by atoms with Crippen molar-refractivity contribution in [2.24, 2.45) is 0 Å². The van der Waals surface area contributed by atoms with Gasteiger partial charge in [0.15, 0.2) is 11.5 Å². The Bertz CT molecular complexity index is 1100. The summed E-state index contributed by atoms with van der Waals surface area (Å²) in [6.45, 7) is 0.0756. The SMILES string of the molecule is O=C(N[C@@H](Cc1ccc(O)c(O)c1)C(=O)O)OCC1c2ccccc2-c2ccccc21. The molecular weight excluding hydrogens is 398 g/mol. The Balaban J connectivity index is 1.43. The van der Waals surface area contributed by atoms with Crippen molar-refractivity contribution in [2.75, 3.05) is 6.61 Å². The van der Waals surface area contributed by atoms with Crippen LogP contribution in [0.2, 0.25) is 0 Å². The highest BCUT2D eigenvalue weighted by molar-refractivity contribution is 5.81. The molecule has 0 radical (unpaired) electrons. The maximum Gasteiger partial charge on any atom is 0.407 e. The van der Waals surface area contributed by atoms with Crippen LogP contribution in [0.5, 0.6) is 11.5 Å². The van der Waals surface area contributed by atoms with Crippen LogP contribution in [-0.2, 0) is 16.0 Å². The number of carbonyl (C=O) groups is 2. The molecule has 7 heteroatoms. The highest BCUT2D eigenvalue weighted by atomic mass is 16.5. The van der Waals surface area contributed by atoms with Crippen LogP contribution in [0.25, 0.3) is 11.1 Å². The quantitative estimate of drug-likeness (QED) is 0.454. The third-order valence-electron chi connectivity index (χ3n) is 5.41. The molecule has 3 aromatic carbocycles. The molecule has 3 aromatic rings. The molecule has 0 saturated heterocycles. The van der Waals surface area contributed by atoms with Crippen molar-refractivity contribution in [3.05, 3.63) is 83.4 Å². The molecule has 1 atom stereocenters. The number of ether oxygens (including phenoxy) is 1. The number of carbonyl (C=O) groups excluding carboxylic acids is 1. The number of amides is 1. The first-order valence-corrected chi connectivity index (χ1v) is 9.79. The molecule has 0 unspecified atom stereocenters. The maximum absolute atomic E-state index is 12.4. The third-order valence-corrected chi connectivity index (χ3v) is 5.41. The molecule has 0 heterocycles. The summed E-state index contributed by atoms with van der Waals surface area (Å²) in [7, 11) is 0. The standard InChI is InChI=1S/C24H21NO6/c26-21-10-9-14(12-22(21)27)11-20(23(28)29)25-24(30)31-13-19-17-7-3-1-5-15(17)16-6-2-4-8-18(16)19/h1-10,12,19-20,26-27H,11,13H2,(H,25,30)(H,28,29)/t20-/m0/s1. The number of nitrogens with one attached hydrogen (secondary N) is 1. The summed E-state index contributed by atoms with van der Waals surface area (Å²) in [5.41, 5.74) is 4.77. The van der Waals surface area contributed by atoms with Crippen LogP contribution in [-0.4, -0.2) is 40.0 Å². The van der Waals surface area contributed by atoms with Crippen molar-refractivity contribution in [2.45, 2.75) is 18.4 Å². The van der Waals surface area contributed by atoms with Crippen molar-refractivity contribution < 1.29 is 29.6 Å². The van der Waals surface area contributed by atoms with Crippen LogP contribution in [0.3, 0.4) is 0 Å². The summed E-state index contributed by atoms with van der Waals surface area (Å²) in [6, 6.07) is 18.6. The normalized spacial score (nSPS) is 13.2. The number of aromatic hydroxyl groups is 2. The Hall–Kier alpha value is -4.00. The fourth-order valence-corrected chi connectivity index (χ4v) is 3.91. The van der Waals surface area contributed by atoms with Gasteiger partial charge in [-0.3, -0.25) is 0 Å². The molecule has 0 fully saturated rings. The molecule has 1 aliphatic rings. The van der Waals surface area contributed by atoms with Crippen LogP contribution < -0.4 is 5.32 Å². The lowest BCUT2D eigenvalue weighted by Gasteiger charge is -2.17. The number of alkyl carbamates (subject to hydrolysis) is 1. The Kier molecular flexibility index (Phi) is 5.49. The van der Waals surface area contributed by atoms with Crippen molar-refractivity contribution >= 4 is 12.1 Å². The number of aliphatic carboxylic acids is 1. The van der Waals surface area contributed by atoms with Crippen LogP contribution in [0.1, 0.15) is 22.6 Å². The van der Waals surface area contributed by atoms with Gasteiger partial charge in [-0.2, -0.15) is 0 Å². The van der Waals surface area contributed by atoms with E-state index in [-0.39, 0.29) is 30.4 Å². The molecule has 1 aliphatic carbocycles. The van der Waals surface area contributed by atoms with E-state index in [2.05, 4.69) is 5.32 Å². The third kappa shape index (κ3) is 4.16. The van der Waals surface area contributed by atoms with Gasteiger partial charge in [-0.15, -0.1) is 0 Å². The topological polar surface area (TPSA) is 116 Å². The first-order chi connectivity index (χ1) is 14.9. The van der Waals surface area contributed by atoms with Gasteiger partial charge >= 0.3 is 12.1 Å². The maximum atomic E-state index is 12.4. The minimum Gasteiger partial charge on any atom is -0.504 e. The lowest BCUT2D eigenvalue weighted by molar-refractivity contribution is -0.139. The number of hydrogen-bond donors (Lipinski definition) is 4. The predicted molar refractivity (Wildman–Crippen MR) is 113 cm³/mol. The molecule has 4 N–H and O–H groups in total. The van der Waals surface area contributed by atoms with Crippen LogP contribution in [0.4, 0.5) is 4.79 Å². The van der Waals surface area contributed by atoms with E-state index in [4.69, 9.17) is 4.74 Å². The monoisotopic (exact) mass is 419 g/mol. The van der Waals surface area contributed by atoms with Gasteiger partial charge in [0.1, 0.15) is 12.6 Å². The second-order valence-corrected chi connectivity index (χ2v) is 7.39. The number of rotatable bonds is 6. The van der Waals surface area contributed by atoms with E-state index in [1.165, 1.54) is 18.2 Å². The van der Waals surface area contributed by atoms with Gasteiger partial charge in [0.2, 0.25) is 0 Å². The number of phenolic OH excluding ortho intramolecular Hbond substituents is 2. The van der Waals surface area contributed by atoms with Gasteiger partial charge < -0.3 is 25.4 Å². The Morgan fingerprint density at radius 2 is 1.52 bits per heavy atom. The smallest absolute Gasteiger partial charge is 0.407 e. The summed E-state index contributed by atoms with van der Waals surface area (Å²) in [6.07, 6.45) is -0.912. The molecule has 0 aliphatic heterocycles. The largest absolute Gasteiger partial charge is 0.504 e. The molecule has 0 bridgehead atoms. The number of carboxylic acid groups (broad SMARTS) is 1. The molecular formula is C24H21NO6. The lowest BCUT2D eigenvalue weighted by Crippen LogP contribution is -2.42. The van der Waals surface area contributed by atoms with E-state index < -0.39 is 18.1 Å². The van der Waals surface area contributed by atoms with E-state index in [0.717, 1.165) is 22.3 Å². The van der Waals surface area contributed by atoms with Crippen molar-refractivity contribution in [1.29, 1.82) is 0 Å². The van der Waals surface area contributed by atoms with Crippen LogP contribution in [0.15, 0.2) is 66.7 Å². The number of fused-ring (bicyclic) bond motifs is 3. The van der Waals surface area contributed by atoms with E-state index in [0.29, 0.717) is 5.56 Å². The zero-order chi connectivity index (χ0) is 22.0. The zero-order valence-electron chi connectivity index (χ0n) is 16.5. The Morgan fingerprint density at radius 1 is 0.903 bits per heavy atom. The summed E-state index contributed by atoms with van der Waals surface area (Å²) in [5.74, 6) is -2.03. The number of hydrogen-bond acceptors (Lipinski definition) is 5. The summed E-state index contributed by atoms with van der Waals surface area (Å²) >= 11 is 0. The van der Waals surface area contributed by atoms with Gasteiger partial charge in [0.25, 0.3) is 0 Å². The average molecular weight is 419 g/mol. The summed E-state index contributed by atoms with van der Waals surface area (Å²) < 4.78 is 5.40. The van der Waals surface area contributed by atoms with Crippen molar-refractivity contribution in [3.63, 3.8) is 0 Å². The summed E-state index contributed by atoms with van der Waals surface area (Å²) in [4.78, 5) is 24.0. The molecule has 0 aromatic heterocycles. The van der Waals surface area contributed by atoms with Gasteiger partial charge in [0.05, 0.1) is 0 Å².